The molecule has 0 atom stereocenters. The minimum absolute atomic E-state index is 0.00564. The molecule has 0 saturated carbocycles. The molecule has 1 N–H and O–H groups in total. The van der Waals surface area contributed by atoms with E-state index in [9.17, 15) is 18.8 Å². The minimum atomic E-state index is -0.526. The quantitative estimate of drug-likeness (QED) is 0.903. The third-order valence-corrected chi connectivity index (χ3v) is 4.51. The van der Waals surface area contributed by atoms with Crippen LogP contribution in [0.1, 0.15) is 27.6 Å². The molecule has 140 valence electrons. The lowest BCUT2D eigenvalue weighted by Crippen LogP contribution is -2.50. The summed E-state index contributed by atoms with van der Waals surface area (Å²) in [6, 6.07) is 12.2. The molecule has 3 rings (SSSR count). The number of carbonyl (C=O) groups is 3. The van der Waals surface area contributed by atoms with Crippen molar-refractivity contribution in [2.75, 3.05) is 31.5 Å². The second kappa shape index (κ2) is 7.99. The van der Waals surface area contributed by atoms with E-state index in [1.54, 1.807) is 34.1 Å². The maximum atomic E-state index is 13.7. The summed E-state index contributed by atoms with van der Waals surface area (Å²) in [5.41, 5.74) is 0.735. The molecule has 0 aromatic heterocycles. The first kappa shape index (κ1) is 18.6. The summed E-state index contributed by atoms with van der Waals surface area (Å²) in [6.07, 6.45) is 0. The SMILES string of the molecule is CC(=O)N1CCN(C(=O)c2cccc(C(=O)Nc3ccccc3F)c2)CC1. The number of hydrogen-bond acceptors (Lipinski definition) is 3. The van der Waals surface area contributed by atoms with Crippen LogP contribution in [-0.4, -0.2) is 53.7 Å². The Kier molecular flexibility index (Phi) is 5.49. The van der Waals surface area contributed by atoms with Gasteiger partial charge in [0.2, 0.25) is 5.91 Å². The summed E-state index contributed by atoms with van der Waals surface area (Å²) in [5, 5.41) is 2.51. The fraction of sp³-hybridized carbons (Fsp3) is 0.250. The van der Waals surface area contributed by atoms with Crippen molar-refractivity contribution in [3.8, 4) is 0 Å². The van der Waals surface area contributed by atoms with Crippen molar-refractivity contribution >= 4 is 23.4 Å². The van der Waals surface area contributed by atoms with Gasteiger partial charge in [-0.15, -0.1) is 0 Å². The molecule has 7 heteroatoms. The lowest BCUT2D eigenvalue weighted by atomic mass is 10.1. The van der Waals surface area contributed by atoms with E-state index in [1.165, 1.54) is 31.2 Å². The molecule has 0 unspecified atom stereocenters. The third-order valence-electron chi connectivity index (χ3n) is 4.51. The van der Waals surface area contributed by atoms with Crippen LogP contribution in [0.5, 0.6) is 0 Å². The minimum Gasteiger partial charge on any atom is -0.339 e. The highest BCUT2D eigenvalue weighted by atomic mass is 19.1. The lowest BCUT2D eigenvalue weighted by molar-refractivity contribution is -0.130. The van der Waals surface area contributed by atoms with Gasteiger partial charge in [0.1, 0.15) is 5.82 Å². The summed E-state index contributed by atoms with van der Waals surface area (Å²) in [5.74, 6) is -1.22. The van der Waals surface area contributed by atoms with E-state index in [2.05, 4.69) is 5.32 Å². The van der Waals surface area contributed by atoms with E-state index in [-0.39, 0.29) is 23.1 Å². The average molecular weight is 369 g/mol. The van der Waals surface area contributed by atoms with Gasteiger partial charge in [-0.2, -0.15) is 0 Å². The van der Waals surface area contributed by atoms with Crippen LogP contribution in [0.4, 0.5) is 10.1 Å². The fourth-order valence-electron chi connectivity index (χ4n) is 2.96. The predicted octanol–water partition coefficient (Wildman–Crippen LogP) is 2.38. The van der Waals surface area contributed by atoms with Gasteiger partial charge in [0.05, 0.1) is 5.69 Å². The van der Waals surface area contributed by atoms with Crippen molar-refractivity contribution in [2.24, 2.45) is 0 Å². The van der Waals surface area contributed by atoms with Gasteiger partial charge in [-0.3, -0.25) is 14.4 Å². The third kappa shape index (κ3) is 4.31. The highest BCUT2D eigenvalue weighted by Gasteiger charge is 2.23. The molecule has 27 heavy (non-hydrogen) atoms. The number of nitrogens with one attached hydrogen (secondary N) is 1. The lowest BCUT2D eigenvalue weighted by Gasteiger charge is -2.34. The first-order valence-corrected chi connectivity index (χ1v) is 8.66. The Bertz CT molecular complexity index is 876. The molecule has 3 amide bonds. The smallest absolute Gasteiger partial charge is 0.255 e. The standard InChI is InChI=1S/C20H20FN3O3/c1-14(25)23-9-11-24(12-10-23)20(27)16-6-4-5-15(13-16)19(26)22-18-8-3-2-7-17(18)21/h2-8,13H,9-12H2,1H3,(H,22,26). The largest absolute Gasteiger partial charge is 0.339 e. The normalized spacial score (nSPS) is 14.0. The number of carbonyl (C=O) groups excluding carboxylic acids is 3. The number of piperazine rings is 1. The van der Waals surface area contributed by atoms with Crippen LogP contribution in [0, 0.1) is 5.82 Å². The summed E-state index contributed by atoms with van der Waals surface area (Å²) < 4.78 is 13.7. The number of para-hydroxylation sites is 1. The summed E-state index contributed by atoms with van der Waals surface area (Å²) in [6.45, 7) is 3.40. The van der Waals surface area contributed by atoms with Gasteiger partial charge in [-0.1, -0.05) is 18.2 Å². The van der Waals surface area contributed by atoms with Gasteiger partial charge in [0, 0.05) is 44.2 Å². The molecule has 1 fully saturated rings. The number of anilines is 1. The fourth-order valence-corrected chi connectivity index (χ4v) is 2.96. The highest BCUT2D eigenvalue weighted by molar-refractivity contribution is 6.06. The topological polar surface area (TPSA) is 69.7 Å². The van der Waals surface area contributed by atoms with Gasteiger partial charge in [0.25, 0.3) is 11.8 Å². The molecule has 2 aromatic rings. The monoisotopic (exact) mass is 369 g/mol. The van der Waals surface area contributed by atoms with E-state index in [0.717, 1.165) is 0 Å². The van der Waals surface area contributed by atoms with Crippen molar-refractivity contribution in [1.82, 2.24) is 9.80 Å². The predicted molar refractivity (Wildman–Crippen MR) is 99.0 cm³/mol. The van der Waals surface area contributed by atoms with Crippen molar-refractivity contribution in [1.29, 1.82) is 0 Å². The van der Waals surface area contributed by atoms with E-state index < -0.39 is 11.7 Å². The zero-order chi connectivity index (χ0) is 19.4. The molecular weight excluding hydrogens is 349 g/mol. The summed E-state index contributed by atoms with van der Waals surface area (Å²) >= 11 is 0. The number of benzene rings is 2. The Morgan fingerprint density at radius 1 is 0.889 bits per heavy atom. The highest BCUT2D eigenvalue weighted by Crippen LogP contribution is 2.16. The molecule has 1 aliphatic rings. The molecule has 1 saturated heterocycles. The van der Waals surface area contributed by atoms with Gasteiger partial charge < -0.3 is 15.1 Å². The average Bonchev–Trinajstić information content (AvgIpc) is 2.69. The van der Waals surface area contributed by atoms with E-state index in [1.807, 2.05) is 0 Å². The van der Waals surface area contributed by atoms with Crippen LogP contribution in [0.2, 0.25) is 0 Å². The first-order chi connectivity index (χ1) is 13.0. The van der Waals surface area contributed by atoms with E-state index >= 15 is 0 Å². The Balaban J connectivity index is 1.70. The Hall–Kier alpha value is -3.22. The van der Waals surface area contributed by atoms with E-state index in [0.29, 0.717) is 31.7 Å². The molecule has 2 aromatic carbocycles. The second-order valence-electron chi connectivity index (χ2n) is 6.31. The van der Waals surface area contributed by atoms with Crippen LogP contribution >= 0.6 is 0 Å². The van der Waals surface area contributed by atoms with Crippen molar-refractivity contribution in [3.05, 3.63) is 65.5 Å². The summed E-state index contributed by atoms with van der Waals surface area (Å²) in [7, 11) is 0. The second-order valence-corrected chi connectivity index (χ2v) is 6.31. The summed E-state index contributed by atoms with van der Waals surface area (Å²) in [4.78, 5) is 39.8. The molecule has 1 aliphatic heterocycles. The Morgan fingerprint density at radius 2 is 1.52 bits per heavy atom. The van der Waals surface area contributed by atoms with Gasteiger partial charge in [-0.25, -0.2) is 4.39 Å². The van der Waals surface area contributed by atoms with Crippen LogP contribution in [-0.2, 0) is 4.79 Å². The molecule has 1 heterocycles. The molecule has 0 bridgehead atoms. The number of hydrogen-bond donors (Lipinski definition) is 1. The molecule has 0 spiro atoms. The molecule has 0 radical (unpaired) electrons. The number of nitrogens with zero attached hydrogens (tertiary/aromatic N) is 2. The van der Waals surface area contributed by atoms with Crippen molar-refractivity contribution < 1.29 is 18.8 Å². The Morgan fingerprint density at radius 3 is 2.19 bits per heavy atom. The number of rotatable bonds is 3. The first-order valence-electron chi connectivity index (χ1n) is 8.66. The van der Waals surface area contributed by atoms with Crippen LogP contribution in [0.15, 0.2) is 48.5 Å². The maximum absolute atomic E-state index is 13.7. The molecule has 0 aliphatic carbocycles. The maximum Gasteiger partial charge on any atom is 0.255 e. The zero-order valence-electron chi connectivity index (χ0n) is 14.9. The number of halogens is 1. The van der Waals surface area contributed by atoms with Crippen molar-refractivity contribution in [2.45, 2.75) is 6.92 Å². The van der Waals surface area contributed by atoms with E-state index in [4.69, 9.17) is 0 Å². The van der Waals surface area contributed by atoms with Gasteiger partial charge in [0.15, 0.2) is 0 Å². The Labute approximate surface area is 156 Å². The van der Waals surface area contributed by atoms with Crippen LogP contribution in [0.3, 0.4) is 0 Å². The van der Waals surface area contributed by atoms with Crippen molar-refractivity contribution in [3.63, 3.8) is 0 Å². The van der Waals surface area contributed by atoms with Crippen LogP contribution in [0.25, 0.3) is 0 Å². The molecular formula is C20H20FN3O3. The van der Waals surface area contributed by atoms with Crippen LogP contribution < -0.4 is 5.32 Å². The van der Waals surface area contributed by atoms with Gasteiger partial charge in [-0.05, 0) is 30.3 Å². The number of amides is 3. The molecule has 6 nitrogen and oxygen atoms in total. The zero-order valence-corrected chi connectivity index (χ0v) is 14.9. The van der Waals surface area contributed by atoms with Gasteiger partial charge >= 0.3 is 0 Å².